The van der Waals surface area contributed by atoms with Crippen molar-refractivity contribution in [3.05, 3.63) is 42.2 Å². The Bertz CT molecular complexity index is 1040. The zero-order valence-corrected chi connectivity index (χ0v) is 11.9. The van der Waals surface area contributed by atoms with Crippen molar-refractivity contribution >= 4 is 22.2 Å². The lowest BCUT2D eigenvalue weighted by Crippen LogP contribution is -2.31. The van der Waals surface area contributed by atoms with Gasteiger partial charge in [-0.3, -0.25) is 0 Å². The van der Waals surface area contributed by atoms with Crippen molar-refractivity contribution in [2.75, 3.05) is 0 Å². The van der Waals surface area contributed by atoms with E-state index in [0.29, 0.717) is 0 Å². The summed E-state index contributed by atoms with van der Waals surface area (Å²) in [4.78, 5) is 9.11. The molecular weight excluding hydrogens is 262 g/mol. The van der Waals surface area contributed by atoms with Crippen LogP contribution in [0, 0.1) is 0 Å². The van der Waals surface area contributed by atoms with E-state index in [1.54, 1.807) is 0 Å². The van der Waals surface area contributed by atoms with Crippen LogP contribution in [0.25, 0.3) is 33.7 Å². The maximum Gasteiger partial charge on any atom is 0.270 e. The third-order valence-electron chi connectivity index (χ3n) is 4.48. The molecule has 21 heavy (non-hydrogen) atoms. The smallest absolute Gasteiger partial charge is 0.249 e. The Balaban J connectivity index is 2.03. The fourth-order valence-electron chi connectivity index (χ4n) is 3.64. The van der Waals surface area contributed by atoms with E-state index in [4.69, 9.17) is 0 Å². The monoisotopic (exact) mass is 276 g/mol. The first kappa shape index (κ1) is 11.0. The topological polar surface area (TPSA) is 39.5 Å². The number of rotatable bonds is 0. The molecule has 0 radical (unpaired) electrons. The number of hydrogen-bond acceptors (Lipinski definition) is 2. The predicted molar refractivity (Wildman–Crippen MR) is 79.7 cm³/mol. The summed E-state index contributed by atoms with van der Waals surface area (Å²) in [5.41, 5.74) is 5.84. The second-order valence-corrected chi connectivity index (χ2v) is 5.59. The molecule has 0 saturated heterocycles. The molecule has 0 bridgehead atoms. The average molecular weight is 276 g/mol. The van der Waals surface area contributed by atoms with Gasteiger partial charge in [-0.1, -0.05) is 6.07 Å². The fourth-order valence-corrected chi connectivity index (χ4v) is 3.64. The van der Waals surface area contributed by atoms with E-state index in [1.807, 2.05) is 24.5 Å². The summed E-state index contributed by atoms with van der Waals surface area (Å²) in [5.74, 6) is 1.18. The molecule has 0 atom stereocenters. The number of aryl methyl sites for hydroxylation is 2. The molecule has 0 aliphatic carbocycles. The van der Waals surface area contributed by atoms with Gasteiger partial charge in [0.05, 0.1) is 26.0 Å². The summed E-state index contributed by atoms with van der Waals surface area (Å²) in [5, 5.41) is 1.20. The van der Waals surface area contributed by atoms with E-state index in [1.165, 1.54) is 27.9 Å². The zero-order chi connectivity index (χ0) is 14.1. The summed E-state index contributed by atoms with van der Waals surface area (Å²) in [6, 6.07) is 8.31. The molecule has 0 amide bonds. The molecule has 5 heteroatoms. The highest BCUT2D eigenvalue weighted by atomic mass is 15.3. The molecule has 0 saturated carbocycles. The highest BCUT2D eigenvalue weighted by molar-refractivity contribution is 6.03. The SMILES string of the molecule is Cn1c2ncccc2c2c1[n+](C)c1n2Cc2cccnc2-1. The largest absolute Gasteiger partial charge is 0.270 e. The van der Waals surface area contributed by atoms with Gasteiger partial charge in [-0.2, -0.15) is 0 Å². The van der Waals surface area contributed by atoms with Crippen molar-refractivity contribution in [1.29, 1.82) is 0 Å². The quantitative estimate of drug-likeness (QED) is 0.404. The molecule has 5 rings (SSSR count). The van der Waals surface area contributed by atoms with Gasteiger partial charge in [0.25, 0.3) is 11.5 Å². The second-order valence-electron chi connectivity index (χ2n) is 5.59. The number of pyridine rings is 2. The molecule has 5 heterocycles. The van der Waals surface area contributed by atoms with Gasteiger partial charge in [0.2, 0.25) is 5.65 Å². The summed E-state index contributed by atoms with van der Waals surface area (Å²) >= 11 is 0. The third-order valence-corrected chi connectivity index (χ3v) is 4.48. The van der Waals surface area contributed by atoms with Gasteiger partial charge in [0.1, 0.15) is 5.69 Å². The molecule has 4 aromatic heterocycles. The second kappa shape index (κ2) is 3.49. The summed E-state index contributed by atoms with van der Waals surface area (Å²) in [7, 11) is 4.18. The maximum absolute atomic E-state index is 4.58. The van der Waals surface area contributed by atoms with Gasteiger partial charge in [-0.25, -0.2) is 23.7 Å². The predicted octanol–water partition coefficient (Wildman–Crippen LogP) is 1.78. The highest BCUT2D eigenvalue weighted by Gasteiger charge is 2.35. The third kappa shape index (κ3) is 1.15. The first-order chi connectivity index (χ1) is 10.3. The van der Waals surface area contributed by atoms with Crippen LogP contribution >= 0.6 is 0 Å². The molecule has 1 aliphatic heterocycles. The van der Waals surface area contributed by atoms with Crippen LogP contribution in [-0.4, -0.2) is 19.1 Å². The molecule has 0 spiro atoms. The van der Waals surface area contributed by atoms with Crippen LogP contribution < -0.4 is 4.57 Å². The van der Waals surface area contributed by atoms with Crippen molar-refractivity contribution in [2.45, 2.75) is 6.54 Å². The lowest BCUT2D eigenvalue weighted by Gasteiger charge is -1.97. The van der Waals surface area contributed by atoms with Crippen molar-refractivity contribution in [3.63, 3.8) is 0 Å². The van der Waals surface area contributed by atoms with Gasteiger partial charge in [-0.05, 0) is 18.2 Å². The molecular formula is C16H14N5+. The first-order valence-electron chi connectivity index (χ1n) is 7.03. The van der Waals surface area contributed by atoms with Gasteiger partial charge in [0, 0.05) is 18.0 Å². The molecule has 0 N–H and O–H groups in total. The van der Waals surface area contributed by atoms with Gasteiger partial charge in [0.15, 0.2) is 5.52 Å². The number of fused-ring (bicyclic) bond motifs is 7. The molecule has 0 fully saturated rings. The first-order valence-corrected chi connectivity index (χ1v) is 7.03. The minimum atomic E-state index is 0.879. The molecule has 0 unspecified atom stereocenters. The fraction of sp³-hybridized carbons (Fsp3) is 0.188. The van der Waals surface area contributed by atoms with E-state index in [2.05, 4.69) is 49.9 Å². The molecule has 0 aromatic carbocycles. The summed E-state index contributed by atoms with van der Waals surface area (Å²) < 4.78 is 6.76. The maximum atomic E-state index is 4.58. The van der Waals surface area contributed by atoms with E-state index in [-0.39, 0.29) is 0 Å². The van der Waals surface area contributed by atoms with Crippen molar-refractivity contribution in [1.82, 2.24) is 19.1 Å². The Morgan fingerprint density at radius 2 is 1.95 bits per heavy atom. The van der Waals surface area contributed by atoms with E-state index < -0.39 is 0 Å². The van der Waals surface area contributed by atoms with Gasteiger partial charge >= 0.3 is 0 Å². The van der Waals surface area contributed by atoms with E-state index >= 15 is 0 Å². The lowest BCUT2D eigenvalue weighted by molar-refractivity contribution is -0.636. The van der Waals surface area contributed by atoms with Gasteiger partial charge in [-0.15, -0.1) is 0 Å². The molecule has 102 valence electrons. The Hall–Kier alpha value is -2.69. The van der Waals surface area contributed by atoms with Crippen molar-refractivity contribution in [3.8, 4) is 11.5 Å². The molecule has 5 nitrogen and oxygen atoms in total. The average Bonchev–Trinajstić information content (AvgIpc) is 3.11. The number of hydrogen-bond donors (Lipinski definition) is 0. The highest BCUT2D eigenvalue weighted by Crippen LogP contribution is 2.35. The minimum Gasteiger partial charge on any atom is -0.249 e. The lowest BCUT2D eigenvalue weighted by atomic mass is 10.2. The van der Waals surface area contributed by atoms with Crippen LogP contribution in [0.1, 0.15) is 5.56 Å². The Morgan fingerprint density at radius 1 is 1.14 bits per heavy atom. The van der Waals surface area contributed by atoms with Crippen LogP contribution in [-0.2, 0) is 20.6 Å². The Morgan fingerprint density at radius 3 is 2.86 bits per heavy atom. The molecule has 1 aliphatic rings. The van der Waals surface area contributed by atoms with Crippen LogP contribution in [0.4, 0.5) is 0 Å². The number of nitrogens with zero attached hydrogens (tertiary/aromatic N) is 5. The van der Waals surface area contributed by atoms with Gasteiger partial charge < -0.3 is 0 Å². The van der Waals surface area contributed by atoms with E-state index in [9.17, 15) is 0 Å². The van der Waals surface area contributed by atoms with Crippen LogP contribution in [0.5, 0.6) is 0 Å². The Labute approximate surface area is 121 Å². The van der Waals surface area contributed by atoms with E-state index in [0.717, 1.165) is 17.9 Å². The zero-order valence-electron chi connectivity index (χ0n) is 11.9. The number of imidazole rings is 1. The normalized spacial score (nSPS) is 13.0. The van der Waals surface area contributed by atoms with Crippen LogP contribution in [0.15, 0.2) is 36.7 Å². The minimum absolute atomic E-state index is 0.879. The van der Waals surface area contributed by atoms with Crippen LogP contribution in [0.3, 0.4) is 0 Å². The van der Waals surface area contributed by atoms with Crippen LogP contribution in [0.2, 0.25) is 0 Å². The van der Waals surface area contributed by atoms with Crippen molar-refractivity contribution < 1.29 is 4.57 Å². The molecule has 4 aromatic rings. The standard InChI is InChI=1S/C16H14N5/c1-19-14-11(6-4-8-18-14)13-16(19)20(2)15-12-10(9-21(13)15)5-3-7-17-12/h3-8H,9H2,1-2H3/q+1. The Kier molecular flexibility index (Phi) is 1.83. The summed E-state index contributed by atoms with van der Waals surface area (Å²) in [6.45, 7) is 0.879. The summed E-state index contributed by atoms with van der Waals surface area (Å²) in [6.07, 6.45) is 3.72. The number of aromatic nitrogens is 5. The van der Waals surface area contributed by atoms with Crippen molar-refractivity contribution in [2.24, 2.45) is 14.1 Å².